The van der Waals surface area contributed by atoms with Crippen LogP contribution in [0.2, 0.25) is 0 Å². The normalized spacial score (nSPS) is 11.6. The van der Waals surface area contributed by atoms with Crippen LogP contribution in [0.5, 0.6) is 0 Å². The van der Waals surface area contributed by atoms with Crippen LogP contribution in [-0.2, 0) is 12.7 Å². The SMILES string of the molecule is CC(=O)c1ccn(Cc2ccc(C(F)(F)F)cc2)c1. The zero-order chi connectivity index (χ0) is 14.0. The Morgan fingerprint density at radius 2 is 1.79 bits per heavy atom. The van der Waals surface area contributed by atoms with Gasteiger partial charge in [0.25, 0.3) is 0 Å². The molecular formula is C14H12F3NO. The number of ketones is 1. The van der Waals surface area contributed by atoms with Gasteiger partial charge in [0.2, 0.25) is 0 Å². The van der Waals surface area contributed by atoms with Crippen molar-refractivity contribution in [1.29, 1.82) is 0 Å². The molecule has 0 saturated carbocycles. The highest BCUT2D eigenvalue weighted by Gasteiger charge is 2.29. The zero-order valence-corrected chi connectivity index (χ0v) is 10.2. The number of hydrogen-bond acceptors (Lipinski definition) is 1. The number of halogens is 3. The molecule has 0 aliphatic heterocycles. The molecule has 5 heteroatoms. The lowest BCUT2D eigenvalue weighted by atomic mass is 10.1. The molecule has 1 aromatic heterocycles. The van der Waals surface area contributed by atoms with Crippen molar-refractivity contribution < 1.29 is 18.0 Å². The smallest absolute Gasteiger partial charge is 0.349 e. The third kappa shape index (κ3) is 3.24. The molecule has 0 fully saturated rings. The second-order valence-electron chi connectivity index (χ2n) is 4.32. The van der Waals surface area contributed by atoms with E-state index in [0.29, 0.717) is 12.1 Å². The number of carbonyl (C=O) groups is 1. The lowest BCUT2D eigenvalue weighted by molar-refractivity contribution is -0.137. The van der Waals surface area contributed by atoms with Crippen LogP contribution in [0, 0.1) is 0 Å². The summed E-state index contributed by atoms with van der Waals surface area (Å²) in [7, 11) is 0. The summed E-state index contributed by atoms with van der Waals surface area (Å²) in [5.41, 5.74) is 0.679. The largest absolute Gasteiger partial charge is 0.416 e. The highest BCUT2D eigenvalue weighted by Crippen LogP contribution is 2.29. The van der Waals surface area contributed by atoms with E-state index in [1.807, 2.05) is 0 Å². The van der Waals surface area contributed by atoms with E-state index in [2.05, 4.69) is 0 Å². The lowest BCUT2D eigenvalue weighted by Gasteiger charge is -2.08. The molecule has 2 nitrogen and oxygen atoms in total. The molecule has 0 aliphatic rings. The van der Waals surface area contributed by atoms with E-state index in [-0.39, 0.29) is 5.78 Å². The van der Waals surface area contributed by atoms with Gasteiger partial charge in [0, 0.05) is 24.5 Å². The van der Waals surface area contributed by atoms with Crippen LogP contribution in [0.1, 0.15) is 28.4 Å². The Hall–Kier alpha value is -2.04. The number of hydrogen-bond donors (Lipinski definition) is 0. The van der Waals surface area contributed by atoms with E-state index >= 15 is 0 Å². The summed E-state index contributed by atoms with van der Waals surface area (Å²) in [5.74, 6) is -0.0360. The quantitative estimate of drug-likeness (QED) is 0.776. The van der Waals surface area contributed by atoms with Gasteiger partial charge in [-0.2, -0.15) is 13.2 Å². The molecule has 100 valence electrons. The summed E-state index contributed by atoms with van der Waals surface area (Å²) in [6.45, 7) is 1.91. The maximum absolute atomic E-state index is 12.4. The molecule has 19 heavy (non-hydrogen) atoms. The van der Waals surface area contributed by atoms with E-state index in [9.17, 15) is 18.0 Å². The minimum atomic E-state index is -4.31. The Balaban J connectivity index is 2.13. The number of benzene rings is 1. The van der Waals surface area contributed by atoms with Gasteiger partial charge in [-0.25, -0.2) is 0 Å². The Morgan fingerprint density at radius 1 is 1.16 bits per heavy atom. The summed E-state index contributed by atoms with van der Waals surface area (Å²) in [6, 6.07) is 6.69. The predicted molar refractivity (Wildman–Crippen MR) is 65.0 cm³/mol. The number of aromatic nitrogens is 1. The van der Waals surface area contributed by atoms with Crippen LogP contribution in [0.4, 0.5) is 13.2 Å². The summed E-state index contributed by atoms with van der Waals surface area (Å²) in [5, 5.41) is 0. The number of alkyl halides is 3. The van der Waals surface area contributed by atoms with Crippen molar-refractivity contribution in [2.45, 2.75) is 19.6 Å². The molecule has 0 radical (unpaired) electrons. The first-order chi connectivity index (χ1) is 8.86. The monoisotopic (exact) mass is 267 g/mol. The average Bonchev–Trinajstić information content (AvgIpc) is 2.77. The number of Topliss-reactive ketones (excluding diaryl/α,β-unsaturated/α-hetero) is 1. The first-order valence-electron chi connectivity index (χ1n) is 5.69. The molecule has 2 aromatic rings. The van der Waals surface area contributed by atoms with Gasteiger partial charge in [0.15, 0.2) is 5.78 Å². The van der Waals surface area contributed by atoms with Crippen LogP contribution in [0.25, 0.3) is 0 Å². The van der Waals surface area contributed by atoms with Crippen LogP contribution >= 0.6 is 0 Å². The van der Waals surface area contributed by atoms with Crippen LogP contribution in [0.15, 0.2) is 42.7 Å². The molecular weight excluding hydrogens is 255 g/mol. The highest BCUT2D eigenvalue weighted by molar-refractivity contribution is 5.93. The van der Waals surface area contributed by atoms with Crippen LogP contribution < -0.4 is 0 Å². The summed E-state index contributed by atoms with van der Waals surface area (Å²) < 4.78 is 39.0. The highest BCUT2D eigenvalue weighted by atomic mass is 19.4. The van der Waals surface area contributed by atoms with Gasteiger partial charge in [0.05, 0.1) is 5.56 Å². The van der Waals surface area contributed by atoms with Crippen molar-refractivity contribution in [3.63, 3.8) is 0 Å². The van der Waals surface area contributed by atoms with Crippen LogP contribution in [-0.4, -0.2) is 10.4 Å². The van der Waals surface area contributed by atoms with Crippen molar-refractivity contribution in [2.75, 3.05) is 0 Å². The van der Waals surface area contributed by atoms with Gasteiger partial charge in [-0.05, 0) is 30.7 Å². The van der Waals surface area contributed by atoms with E-state index < -0.39 is 11.7 Å². The number of carbonyl (C=O) groups excluding carboxylic acids is 1. The van der Waals surface area contributed by atoms with E-state index in [0.717, 1.165) is 17.7 Å². The third-order valence-electron chi connectivity index (χ3n) is 2.80. The van der Waals surface area contributed by atoms with Crippen molar-refractivity contribution in [1.82, 2.24) is 4.57 Å². The Labute approximate surface area is 108 Å². The minimum Gasteiger partial charge on any atom is -0.349 e. The first kappa shape index (κ1) is 13.4. The van der Waals surface area contributed by atoms with Gasteiger partial charge in [-0.3, -0.25) is 4.79 Å². The molecule has 0 amide bonds. The summed E-state index contributed by atoms with van der Waals surface area (Å²) >= 11 is 0. The van der Waals surface area contributed by atoms with Gasteiger partial charge in [-0.1, -0.05) is 12.1 Å². The van der Waals surface area contributed by atoms with E-state index in [1.165, 1.54) is 19.1 Å². The van der Waals surface area contributed by atoms with Crippen LogP contribution in [0.3, 0.4) is 0 Å². The predicted octanol–water partition coefficient (Wildman–Crippen LogP) is 3.76. The standard InChI is InChI=1S/C14H12F3NO/c1-10(19)12-6-7-18(9-12)8-11-2-4-13(5-3-11)14(15,16)17/h2-7,9H,8H2,1H3. The average molecular weight is 267 g/mol. The van der Waals surface area contributed by atoms with E-state index in [1.54, 1.807) is 23.0 Å². The molecule has 1 heterocycles. The fourth-order valence-electron chi connectivity index (χ4n) is 1.76. The summed E-state index contributed by atoms with van der Waals surface area (Å²) in [4.78, 5) is 11.1. The molecule has 0 bridgehead atoms. The van der Waals surface area contributed by atoms with Crippen molar-refractivity contribution >= 4 is 5.78 Å². The third-order valence-corrected chi connectivity index (χ3v) is 2.80. The molecule has 0 aliphatic carbocycles. The molecule has 2 rings (SSSR count). The van der Waals surface area contributed by atoms with Gasteiger partial charge in [-0.15, -0.1) is 0 Å². The molecule has 0 unspecified atom stereocenters. The second-order valence-corrected chi connectivity index (χ2v) is 4.32. The maximum Gasteiger partial charge on any atom is 0.416 e. The first-order valence-corrected chi connectivity index (χ1v) is 5.69. The second kappa shape index (κ2) is 4.91. The molecule has 1 aromatic carbocycles. The van der Waals surface area contributed by atoms with Crippen molar-refractivity contribution in [3.8, 4) is 0 Å². The maximum atomic E-state index is 12.4. The van der Waals surface area contributed by atoms with Gasteiger partial charge in [0.1, 0.15) is 0 Å². The molecule has 0 atom stereocenters. The topological polar surface area (TPSA) is 22.0 Å². The fourth-order valence-corrected chi connectivity index (χ4v) is 1.76. The van der Waals surface area contributed by atoms with Gasteiger partial charge < -0.3 is 4.57 Å². The molecule has 0 N–H and O–H groups in total. The van der Waals surface area contributed by atoms with Gasteiger partial charge >= 0.3 is 6.18 Å². The Kier molecular flexibility index (Phi) is 3.46. The van der Waals surface area contributed by atoms with Crippen molar-refractivity contribution in [2.24, 2.45) is 0 Å². The zero-order valence-electron chi connectivity index (χ0n) is 10.2. The molecule has 0 saturated heterocycles. The van der Waals surface area contributed by atoms with E-state index in [4.69, 9.17) is 0 Å². The number of nitrogens with zero attached hydrogens (tertiary/aromatic N) is 1. The Morgan fingerprint density at radius 3 is 2.26 bits per heavy atom. The fraction of sp³-hybridized carbons (Fsp3) is 0.214. The molecule has 0 spiro atoms. The van der Waals surface area contributed by atoms with Crippen molar-refractivity contribution in [3.05, 3.63) is 59.4 Å². The Bertz CT molecular complexity index is 581. The lowest BCUT2D eigenvalue weighted by Crippen LogP contribution is -2.05. The minimum absolute atomic E-state index is 0.0360. The number of rotatable bonds is 3. The summed E-state index contributed by atoms with van der Waals surface area (Å²) in [6.07, 6.45) is -0.901.